The summed E-state index contributed by atoms with van der Waals surface area (Å²) in [6.07, 6.45) is 5.23. The van der Waals surface area contributed by atoms with Crippen LogP contribution in [0, 0.1) is 0 Å². The quantitative estimate of drug-likeness (QED) is 0.913. The highest BCUT2D eigenvalue weighted by molar-refractivity contribution is 9.10. The highest BCUT2D eigenvalue weighted by Gasteiger charge is 2.17. The second kappa shape index (κ2) is 6.08. The first-order valence-electron chi connectivity index (χ1n) is 5.59. The molecule has 0 aliphatic carbocycles. The van der Waals surface area contributed by atoms with Crippen LogP contribution in [0.25, 0.3) is 0 Å². The van der Waals surface area contributed by atoms with Crippen molar-refractivity contribution in [3.05, 3.63) is 46.5 Å². The smallest absolute Gasteiger partial charge is 0.0739 e. The first-order chi connectivity index (χ1) is 8.74. The average Bonchev–Trinajstić information content (AvgIpc) is 2.77. The van der Waals surface area contributed by atoms with Crippen molar-refractivity contribution in [3.8, 4) is 0 Å². The van der Waals surface area contributed by atoms with Crippen molar-refractivity contribution in [2.24, 2.45) is 5.73 Å². The van der Waals surface area contributed by atoms with E-state index < -0.39 is 0 Å². The molecule has 2 rings (SSSR count). The molecule has 0 saturated heterocycles. The molecule has 0 aliphatic heterocycles. The summed E-state index contributed by atoms with van der Waals surface area (Å²) in [5, 5.41) is 4.29. The van der Waals surface area contributed by atoms with Gasteiger partial charge in [-0.3, -0.25) is 9.67 Å². The molecule has 6 heteroatoms. The number of pyridine rings is 1. The van der Waals surface area contributed by atoms with Crippen LogP contribution in [0.15, 0.2) is 35.2 Å². The highest BCUT2D eigenvalue weighted by atomic mass is 79.9. The molecule has 5 nitrogen and oxygen atoms in total. The third-order valence-corrected chi connectivity index (χ3v) is 3.31. The number of ether oxygens (including phenoxy) is 1. The fourth-order valence-corrected chi connectivity index (χ4v) is 2.31. The molecule has 0 bridgehead atoms. The molecule has 18 heavy (non-hydrogen) atoms. The number of halogens is 1. The molecule has 0 aromatic carbocycles. The lowest BCUT2D eigenvalue weighted by molar-refractivity contribution is 0.182. The van der Waals surface area contributed by atoms with Crippen LogP contribution in [0.5, 0.6) is 0 Å². The van der Waals surface area contributed by atoms with E-state index in [0.29, 0.717) is 13.2 Å². The van der Waals surface area contributed by atoms with Crippen LogP contribution >= 0.6 is 15.9 Å². The number of methoxy groups -OCH3 is 1. The first kappa shape index (κ1) is 13.2. The van der Waals surface area contributed by atoms with Gasteiger partial charge in [-0.2, -0.15) is 5.10 Å². The van der Waals surface area contributed by atoms with Gasteiger partial charge in [-0.1, -0.05) is 0 Å². The molecule has 1 unspecified atom stereocenters. The summed E-state index contributed by atoms with van der Waals surface area (Å²) in [7, 11) is 1.67. The Morgan fingerprint density at radius 3 is 2.83 bits per heavy atom. The summed E-state index contributed by atoms with van der Waals surface area (Å²) < 4.78 is 7.83. The Morgan fingerprint density at radius 2 is 2.17 bits per heavy atom. The summed E-state index contributed by atoms with van der Waals surface area (Å²) in [4.78, 5) is 3.99. The number of rotatable bonds is 5. The summed E-state index contributed by atoms with van der Waals surface area (Å²) in [6, 6.07) is 3.58. The van der Waals surface area contributed by atoms with Gasteiger partial charge in [0.25, 0.3) is 0 Å². The second-order valence-corrected chi connectivity index (χ2v) is 4.71. The molecule has 0 spiro atoms. The maximum atomic E-state index is 6.27. The number of hydrogen-bond acceptors (Lipinski definition) is 4. The van der Waals surface area contributed by atoms with Gasteiger partial charge in [0.2, 0.25) is 0 Å². The van der Waals surface area contributed by atoms with Crippen molar-refractivity contribution < 1.29 is 4.74 Å². The highest BCUT2D eigenvalue weighted by Crippen LogP contribution is 2.26. The summed E-state index contributed by atoms with van der Waals surface area (Å²) in [5.41, 5.74) is 8.22. The van der Waals surface area contributed by atoms with E-state index in [-0.39, 0.29) is 6.04 Å². The Morgan fingerprint density at radius 1 is 1.44 bits per heavy atom. The van der Waals surface area contributed by atoms with E-state index in [4.69, 9.17) is 10.5 Å². The minimum absolute atomic E-state index is 0.235. The predicted octanol–water partition coefficient (Wildman–Crippen LogP) is 1.74. The van der Waals surface area contributed by atoms with Crippen molar-refractivity contribution >= 4 is 15.9 Å². The monoisotopic (exact) mass is 310 g/mol. The Hall–Kier alpha value is -1.24. The fraction of sp³-hybridized carbons (Fsp3) is 0.333. The van der Waals surface area contributed by atoms with Gasteiger partial charge in [-0.15, -0.1) is 0 Å². The van der Waals surface area contributed by atoms with Crippen LogP contribution in [0.1, 0.15) is 17.3 Å². The Labute approximate surface area is 114 Å². The van der Waals surface area contributed by atoms with E-state index in [0.717, 1.165) is 15.7 Å². The van der Waals surface area contributed by atoms with Crippen LogP contribution < -0.4 is 5.73 Å². The fourth-order valence-electron chi connectivity index (χ4n) is 1.77. The van der Waals surface area contributed by atoms with Crippen molar-refractivity contribution in [2.45, 2.75) is 12.6 Å². The van der Waals surface area contributed by atoms with Crippen LogP contribution in [0.4, 0.5) is 0 Å². The van der Waals surface area contributed by atoms with Crippen LogP contribution in [0.2, 0.25) is 0 Å². The van der Waals surface area contributed by atoms with Crippen molar-refractivity contribution in [2.75, 3.05) is 13.7 Å². The van der Waals surface area contributed by atoms with E-state index >= 15 is 0 Å². The molecule has 1 atom stereocenters. The molecular weight excluding hydrogens is 296 g/mol. The topological polar surface area (TPSA) is 66.0 Å². The summed E-state index contributed by atoms with van der Waals surface area (Å²) in [6.45, 7) is 1.28. The lowest BCUT2D eigenvalue weighted by atomic mass is 10.1. The molecule has 2 heterocycles. The zero-order chi connectivity index (χ0) is 13.0. The number of hydrogen-bond donors (Lipinski definition) is 1. The number of aromatic nitrogens is 3. The zero-order valence-corrected chi connectivity index (χ0v) is 11.7. The average molecular weight is 311 g/mol. The van der Waals surface area contributed by atoms with Crippen molar-refractivity contribution in [3.63, 3.8) is 0 Å². The second-order valence-electron chi connectivity index (χ2n) is 3.85. The third-order valence-electron chi connectivity index (χ3n) is 2.70. The SMILES string of the molecule is COCCn1ncc(Br)c1C(N)c1ccncc1. The van der Waals surface area contributed by atoms with Gasteiger partial charge in [0.05, 0.1) is 35.6 Å². The minimum atomic E-state index is -0.235. The number of nitrogens with two attached hydrogens (primary N) is 1. The van der Waals surface area contributed by atoms with Gasteiger partial charge < -0.3 is 10.5 Å². The zero-order valence-electron chi connectivity index (χ0n) is 10.1. The standard InChI is InChI=1S/C12H15BrN4O/c1-18-7-6-17-12(10(13)8-16-17)11(14)9-2-4-15-5-3-9/h2-5,8,11H,6-7,14H2,1H3. The van der Waals surface area contributed by atoms with Gasteiger partial charge in [0.1, 0.15) is 0 Å². The molecule has 96 valence electrons. The van der Waals surface area contributed by atoms with E-state index in [2.05, 4.69) is 26.0 Å². The van der Waals surface area contributed by atoms with Crippen LogP contribution in [0.3, 0.4) is 0 Å². The van der Waals surface area contributed by atoms with E-state index in [1.54, 1.807) is 25.7 Å². The lowest BCUT2D eigenvalue weighted by Gasteiger charge is -2.15. The molecule has 2 aromatic heterocycles. The molecule has 2 N–H and O–H groups in total. The summed E-state index contributed by atoms with van der Waals surface area (Å²) >= 11 is 3.49. The maximum absolute atomic E-state index is 6.27. The molecular formula is C12H15BrN4O. The Bertz CT molecular complexity index is 500. The molecule has 0 radical (unpaired) electrons. The molecule has 0 saturated carbocycles. The van der Waals surface area contributed by atoms with Gasteiger partial charge in [-0.05, 0) is 33.6 Å². The van der Waals surface area contributed by atoms with Gasteiger partial charge in [0.15, 0.2) is 0 Å². The van der Waals surface area contributed by atoms with E-state index in [1.807, 2.05) is 16.8 Å². The normalized spacial score (nSPS) is 12.6. The van der Waals surface area contributed by atoms with Crippen molar-refractivity contribution in [1.29, 1.82) is 0 Å². The Balaban J connectivity index is 2.29. The lowest BCUT2D eigenvalue weighted by Crippen LogP contribution is -2.19. The van der Waals surface area contributed by atoms with Crippen molar-refractivity contribution in [1.82, 2.24) is 14.8 Å². The molecule has 0 amide bonds. The van der Waals surface area contributed by atoms with Crippen LogP contribution in [-0.2, 0) is 11.3 Å². The van der Waals surface area contributed by atoms with Gasteiger partial charge in [0, 0.05) is 19.5 Å². The van der Waals surface area contributed by atoms with Gasteiger partial charge in [-0.25, -0.2) is 0 Å². The van der Waals surface area contributed by atoms with Gasteiger partial charge >= 0.3 is 0 Å². The summed E-state index contributed by atoms with van der Waals surface area (Å²) in [5.74, 6) is 0. The maximum Gasteiger partial charge on any atom is 0.0739 e. The molecule has 0 fully saturated rings. The van der Waals surface area contributed by atoms with E-state index in [1.165, 1.54) is 0 Å². The third kappa shape index (κ3) is 2.77. The van der Waals surface area contributed by atoms with E-state index in [9.17, 15) is 0 Å². The predicted molar refractivity (Wildman–Crippen MR) is 72.1 cm³/mol. The Kier molecular flexibility index (Phi) is 4.46. The molecule has 2 aromatic rings. The molecule has 0 aliphatic rings. The minimum Gasteiger partial charge on any atom is -0.383 e. The van der Waals surface area contributed by atoms with Crippen LogP contribution in [-0.4, -0.2) is 28.5 Å². The largest absolute Gasteiger partial charge is 0.383 e. The first-order valence-corrected chi connectivity index (χ1v) is 6.39. The number of nitrogens with zero attached hydrogens (tertiary/aromatic N) is 3.